The first-order valence-corrected chi connectivity index (χ1v) is 26.8. The standard InChI is InChI=1S/C54H60ClN9O12S/c1-33-32-77-51-44(76-54(71)62-15-13-61(2)14-16-62)29-43-50(49(33)51)36(30-55)31-64(43)53(70)42-28-35-26-38(4-6-40(35)60-42)58-52(69)41-27-34-25-37(3-5-39(34)59-41)57-46(66)10-17-72-19-21-74-23-24-75-22-20-73-18-11-56-45(65)9-12-63-47(67)7-8-48(63)68/h3-8,25-29,32,36,59-60H,9-24,30-31H2,1-2H3,(H,56,65)(H,57,66)(H,58,69)/t36-/m0/s1. The van der Waals surface area contributed by atoms with Crippen molar-refractivity contribution < 1.29 is 57.2 Å². The summed E-state index contributed by atoms with van der Waals surface area (Å²) in [5.74, 6) is -1.42. The lowest BCUT2D eigenvalue weighted by atomic mass is 9.97. The number of nitrogens with one attached hydrogen (secondary N) is 5. The van der Waals surface area contributed by atoms with Crippen molar-refractivity contribution in [1.82, 2.24) is 30.0 Å². The molecule has 0 unspecified atom stereocenters. The molecule has 5 N–H and O–H groups in total. The average molecular weight is 1090 g/mol. The summed E-state index contributed by atoms with van der Waals surface area (Å²) in [5.41, 5.74) is 5.81. The van der Waals surface area contributed by atoms with Gasteiger partial charge in [0.2, 0.25) is 11.8 Å². The molecular formula is C54H60ClN9O12S. The van der Waals surface area contributed by atoms with Gasteiger partial charge >= 0.3 is 6.09 Å². The van der Waals surface area contributed by atoms with Crippen molar-refractivity contribution in [2.45, 2.75) is 25.7 Å². The number of alkyl halides is 1. The molecule has 3 aromatic carbocycles. The minimum Gasteiger partial charge on any atom is -0.409 e. The molecule has 6 heterocycles. The molecule has 3 aliphatic heterocycles. The molecule has 9 rings (SSSR count). The molecule has 3 aliphatic rings. The van der Waals surface area contributed by atoms with Crippen molar-refractivity contribution in [3.05, 3.63) is 94.6 Å². The fourth-order valence-corrected chi connectivity index (χ4v) is 10.6. The zero-order valence-electron chi connectivity index (χ0n) is 42.7. The van der Waals surface area contributed by atoms with Gasteiger partial charge in [0.1, 0.15) is 11.4 Å². The van der Waals surface area contributed by atoms with Crippen LogP contribution in [0.5, 0.6) is 5.75 Å². The predicted octanol–water partition coefficient (Wildman–Crippen LogP) is 5.98. The number of benzene rings is 3. The molecule has 3 aromatic heterocycles. The Hall–Kier alpha value is -7.18. The van der Waals surface area contributed by atoms with Gasteiger partial charge < -0.3 is 64.3 Å². The second-order valence-corrected chi connectivity index (χ2v) is 20.0. The highest BCUT2D eigenvalue weighted by atomic mass is 35.5. The van der Waals surface area contributed by atoms with Crippen LogP contribution in [0.3, 0.4) is 0 Å². The Labute approximate surface area is 452 Å². The molecule has 0 spiro atoms. The normalized spacial score (nSPS) is 15.6. The maximum atomic E-state index is 14.4. The highest BCUT2D eigenvalue weighted by molar-refractivity contribution is 7.17. The van der Waals surface area contributed by atoms with E-state index in [-0.39, 0.29) is 62.1 Å². The van der Waals surface area contributed by atoms with Crippen molar-refractivity contribution in [2.24, 2.45) is 0 Å². The fraction of sp³-hybridized carbons (Fsp3) is 0.389. The lowest BCUT2D eigenvalue weighted by Gasteiger charge is -2.31. The van der Waals surface area contributed by atoms with Gasteiger partial charge in [0.25, 0.3) is 23.6 Å². The van der Waals surface area contributed by atoms with E-state index in [1.165, 1.54) is 23.5 Å². The molecule has 77 heavy (non-hydrogen) atoms. The van der Waals surface area contributed by atoms with Crippen LogP contribution in [0.4, 0.5) is 21.9 Å². The summed E-state index contributed by atoms with van der Waals surface area (Å²) >= 11 is 8.09. The third-order valence-electron chi connectivity index (χ3n) is 13.4. The Morgan fingerprint density at radius 1 is 0.727 bits per heavy atom. The Bertz CT molecular complexity index is 3200. The number of carbonyl (C=O) groups excluding carboxylic acids is 7. The van der Waals surface area contributed by atoms with Crippen molar-refractivity contribution in [3.8, 4) is 5.75 Å². The number of anilines is 3. The SMILES string of the molecule is Cc1csc2c(OC(=O)N3CCN(C)CC3)cc3c(c12)[C@@H](CCl)CN3C(=O)c1cc2cc(NC(=O)c3cc4cc(NC(=O)CCOCCOCCOCCOCCNC(=O)CCN5C(=O)C=CC5=O)ccc4[nH]3)ccc2[nH]1. The highest BCUT2D eigenvalue weighted by Crippen LogP contribution is 2.49. The maximum absolute atomic E-state index is 14.4. The van der Waals surface area contributed by atoms with E-state index in [2.05, 4.69) is 30.8 Å². The zero-order chi connectivity index (χ0) is 54.0. The van der Waals surface area contributed by atoms with E-state index >= 15 is 0 Å². The molecule has 0 bridgehead atoms. The summed E-state index contributed by atoms with van der Waals surface area (Å²) in [6.45, 7) is 7.83. The number of piperazine rings is 1. The molecule has 1 fully saturated rings. The Morgan fingerprint density at radius 2 is 1.34 bits per heavy atom. The number of likely N-dealkylation sites (N-methyl/N-ethyl adjacent to an activating group) is 1. The number of carbonyl (C=O) groups is 7. The molecular weight excluding hydrogens is 1030 g/mol. The molecule has 23 heteroatoms. The Kier molecular flexibility index (Phi) is 18.0. The number of hydrogen-bond acceptors (Lipinski definition) is 14. The second kappa shape index (κ2) is 25.3. The Morgan fingerprint density at radius 3 is 2.00 bits per heavy atom. The van der Waals surface area contributed by atoms with Gasteiger partial charge in [-0.1, -0.05) is 0 Å². The van der Waals surface area contributed by atoms with Gasteiger partial charge in [0.15, 0.2) is 5.75 Å². The molecule has 1 atom stereocenters. The van der Waals surface area contributed by atoms with Gasteiger partial charge in [0, 0.05) is 121 Å². The van der Waals surface area contributed by atoms with Gasteiger partial charge in [-0.15, -0.1) is 22.9 Å². The van der Waals surface area contributed by atoms with Gasteiger partial charge in [-0.3, -0.25) is 33.7 Å². The summed E-state index contributed by atoms with van der Waals surface area (Å²) in [6, 6.07) is 15.9. The number of amides is 7. The van der Waals surface area contributed by atoms with E-state index in [0.717, 1.165) is 44.6 Å². The van der Waals surface area contributed by atoms with E-state index in [1.807, 2.05) is 19.4 Å². The number of nitrogens with zero attached hydrogens (tertiary/aromatic N) is 4. The summed E-state index contributed by atoms with van der Waals surface area (Å²) < 4.78 is 28.9. The summed E-state index contributed by atoms with van der Waals surface area (Å²) in [5, 5.41) is 12.9. The van der Waals surface area contributed by atoms with Crippen LogP contribution in [0.15, 0.2) is 72.1 Å². The second-order valence-electron chi connectivity index (χ2n) is 18.8. The van der Waals surface area contributed by atoms with Gasteiger partial charge in [-0.05, 0) is 79.0 Å². The molecule has 0 saturated carbocycles. The molecule has 1 saturated heterocycles. The van der Waals surface area contributed by atoms with Crippen LogP contribution in [0.2, 0.25) is 0 Å². The molecule has 7 amide bonds. The lowest BCUT2D eigenvalue weighted by molar-refractivity contribution is -0.137. The van der Waals surface area contributed by atoms with Crippen LogP contribution >= 0.6 is 22.9 Å². The van der Waals surface area contributed by atoms with E-state index < -0.39 is 17.9 Å². The van der Waals surface area contributed by atoms with Crippen LogP contribution in [-0.2, 0) is 38.1 Å². The number of ether oxygens (including phenoxy) is 5. The van der Waals surface area contributed by atoms with Crippen LogP contribution in [0, 0.1) is 6.92 Å². The van der Waals surface area contributed by atoms with Crippen molar-refractivity contribution >= 4 is 113 Å². The number of imide groups is 1. The quantitative estimate of drug-likeness (QED) is 0.0266. The van der Waals surface area contributed by atoms with Crippen molar-refractivity contribution in [2.75, 3.05) is 127 Å². The number of aromatic amines is 2. The summed E-state index contributed by atoms with van der Waals surface area (Å²) in [7, 11) is 2.02. The summed E-state index contributed by atoms with van der Waals surface area (Å²) in [6.07, 6.45) is 2.09. The number of thiophene rings is 1. The fourth-order valence-electron chi connectivity index (χ4n) is 9.31. The van der Waals surface area contributed by atoms with E-state index in [1.54, 1.807) is 64.4 Å². The molecule has 0 aliphatic carbocycles. The van der Waals surface area contributed by atoms with Crippen LogP contribution in [-0.4, -0.2) is 178 Å². The number of hydrogen-bond donors (Lipinski definition) is 5. The smallest absolute Gasteiger partial charge is 0.409 e. The minimum absolute atomic E-state index is 0.0211. The monoisotopic (exact) mass is 1090 g/mol. The van der Waals surface area contributed by atoms with Crippen LogP contribution < -0.4 is 25.6 Å². The zero-order valence-corrected chi connectivity index (χ0v) is 44.3. The van der Waals surface area contributed by atoms with Gasteiger partial charge in [-0.2, -0.15) is 0 Å². The van der Waals surface area contributed by atoms with E-state index in [4.69, 9.17) is 35.3 Å². The van der Waals surface area contributed by atoms with E-state index in [0.29, 0.717) is 122 Å². The summed E-state index contributed by atoms with van der Waals surface area (Å²) in [4.78, 5) is 102. The van der Waals surface area contributed by atoms with Crippen molar-refractivity contribution in [3.63, 3.8) is 0 Å². The molecule has 21 nitrogen and oxygen atoms in total. The van der Waals surface area contributed by atoms with Gasteiger partial charge in [0.05, 0.1) is 69.7 Å². The first-order valence-electron chi connectivity index (χ1n) is 25.4. The molecule has 0 radical (unpaired) electrons. The maximum Gasteiger partial charge on any atom is 0.415 e. The third-order valence-corrected chi connectivity index (χ3v) is 14.9. The largest absolute Gasteiger partial charge is 0.415 e. The first kappa shape index (κ1) is 54.6. The highest BCUT2D eigenvalue weighted by Gasteiger charge is 2.37. The van der Waals surface area contributed by atoms with Crippen LogP contribution in [0.25, 0.3) is 31.9 Å². The number of rotatable bonds is 24. The number of halogens is 1. The molecule has 406 valence electrons. The van der Waals surface area contributed by atoms with E-state index in [9.17, 15) is 33.6 Å². The van der Waals surface area contributed by atoms with Gasteiger partial charge in [-0.25, -0.2) is 4.79 Å². The van der Waals surface area contributed by atoms with Crippen molar-refractivity contribution in [1.29, 1.82) is 0 Å². The Balaban J connectivity index is 0.686. The minimum atomic E-state index is -0.418. The topological polar surface area (TPSA) is 246 Å². The van der Waals surface area contributed by atoms with Crippen LogP contribution in [0.1, 0.15) is 50.9 Å². The number of aromatic nitrogens is 2. The number of aryl methyl sites for hydroxylation is 1. The first-order chi connectivity index (χ1) is 37.3. The average Bonchev–Trinajstić information content (AvgIpc) is 4.32. The predicted molar refractivity (Wildman–Crippen MR) is 291 cm³/mol. The number of fused-ring (bicyclic) bond motifs is 5. The molecule has 6 aromatic rings. The third kappa shape index (κ3) is 13.3. The lowest BCUT2D eigenvalue weighted by Crippen LogP contribution is -2.48. The number of H-pyrrole nitrogens is 2.